The third kappa shape index (κ3) is 2.73. The summed E-state index contributed by atoms with van der Waals surface area (Å²) in [5.41, 5.74) is 0.735. The summed E-state index contributed by atoms with van der Waals surface area (Å²) in [6, 6.07) is 0. The Bertz CT molecular complexity index is 726. The van der Waals surface area contributed by atoms with E-state index in [1.807, 2.05) is 0 Å². The second-order valence-electron chi connectivity index (χ2n) is 4.77. The van der Waals surface area contributed by atoms with Crippen LogP contribution in [0.15, 0.2) is 6.33 Å². The van der Waals surface area contributed by atoms with Gasteiger partial charge < -0.3 is 9.47 Å². The Morgan fingerprint density at radius 3 is 3.00 bits per heavy atom. The molecule has 2 aromatic heterocycles. The number of esters is 1. The number of carbonyl (C=O) groups excluding carboxylic acids is 1. The van der Waals surface area contributed by atoms with Gasteiger partial charge in [-0.3, -0.25) is 9.36 Å². The summed E-state index contributed by atoms with van der Waals surface area (Å²) < 4.78 is 25.3. The van der Waals surface area contributed by atoms with Gasteiger partial charge in [-0.2, -0.15) is 4.98 Å². The van der Waals surface area contributed by atoms with Gasteiger partial charge in [0.1, 0.15) is 30.6 Å². The Morgan fingerprint density at radius 2 is 2.32 bits per heavy atom. The van der Waals surface area contributed by atoms with E-state index >= 15 is 0 Å². The molecule has 0 saturated carbocycles. The van der Waals surface area contributed by atoms with Crippen molar-refractivity contribution in [3.8, 4) is 0 Å². The monoisotopic (exact) mass is 348 g/mol. The number of hydrogen-bond donors (Lipinski definition) is 0. The smallest absolute Gasteiger partial charge is 0.302 e. The number of hydrogen-bond acceptors (Lipinski definition) is 6. The quantitative estimate of drug-likeness (QED) is 0.481. The standard InChI is InChI=1S/C12H11Cl2FN4O3/c1-5(20)21-6-2-8(22-7(6)3-15)19-4-16-9-10(13)17-12(14)18-11(9)19/h4,6-8H,2-3H2,1H3/t6-,7+,8+/m0/s1. The highest BCUT2D eigenvalue weighted by atomic mass is 35.5. The van der Waals surface area contributed by atoms with E-state index in [-0.39, 0.29) is 16.9 Å². The fraction of sp³-hybridized carbons (Fsp3) is 0.500. The van der Waals surface area contributed by atoms with E-state index < -0.39 is 31.1 Å². The molecule has 0 unspecified atom stereocenters. The summed E-state index contributed by atoms with van der Waals surface area (Å²) in [4.78, 5) is 23.1. The first-order valence-corrected chi connectivity index (χ1v) is 7.19. The number of nitrogens with zero attached hydrogens (tertiary/aromatic N) is 4. The van der Waals surface area contributed by atoms with Crippen molar-refractivity contribution < 1.29 is 18.7 Å². The first-order valence-electron chi connectivity index (χ1n) is 6.43. The molecule has 0 aromatic carbocycles. The molecule has 3 rings (SSSR count). The van der Waals surface area contributed by atoms with Crippen molar-refractivity contribution in [3.05, 3.63) is 16.8 Å². The number of carbonyl (C=O) groups is 1. The predicted octanol–water partition coefficient (Wildman–Crippen LogP) is 2.32. The number of halogens is 3. The van der Waals surface area contributed by atoms with Gasteiger partial charge in [-0.05, 0) is 11.6 Å². The maximum atomic E-state index is 13.0. The highest BCUT2D eigenvalue weighted by Crippen LogP contribution is 2.34. The summed E-state index contributed by atoms with van der Waals surface area (Å²) in [5.74, 6) is -0.489. The Hall–Kier alpha value is -1.51. The first-order chi connectivity index (χ1) is 10.5. The van der Waals surface area contributed by atoms with Crippen LogP contribution in [0.5, 0.6) is 0 Å². The molecule has 1 aliphatic rings. The molecule has 3 atom stereocenters. The Balaban J connectivity index is 1.93. The van der Waals surface area contributed by atoms with E-state index in [0.29, 0.717) is 11.2 Å². The zero-order valence-electron chi connectivity index (χ0n) is 11.4. The van der Waals surface area contributed by atoms with E-state index in [1.165, 1.54) is 13.3 Å². The average molecular weight is 349 g/mol. The van der Waals surface area contributed by atoms with Crippen molar-refractivity contribution in [2.45, 2.75) is 31.8 Å². The van der Waals surface area contributed by atoms with Crippen molar-refractivity contribution in [1.82, 2.24) is 19.5 Å². The van der Waals surface area contributed by atoms with Gasteiger partial charge >= 0.3 is 5.97 Å². The number of ether oxygens (including phenoxy) is 2. The second-order valence-corrected chi connectivity index (χ2v) is 5.47. The van der Waals surface area contributed by atoms with Crippen molar-refractivity contribution in [2.75, 3.05) is 6.67 Å². The van der Waals surface area contributed by atoms with E-state index in [0.717, 1.165) is 0 Å². The molecule has 0 aliphatic carbocycles. The van der Waals surface area contributed by atoms with Crippen LogP contribution in [0, 0.1) is 0 Å². The number of aromatic nitrogens is 4. The highest BCUT2D eigenvalue weighted by molar-refractivity contribution is 6.35. The molecule has 22 heavy (non-hydrogen) atoms. The lowest BCUT2D eigenvalue weighted by Crippen LogP contribution is -2.27. The van der Waals surface area contributed by atoms with Crippen molar-refractivity contribution in [2.24, 2.45) is 0 Å². The van der Waals surface area contributed by atoms with Crippen LogP contribution in [0.25, 0.3) is 11.2 Å². The minimum atomic E-state index is -0.834. The average Bonchev–Trinajstić information content (AvgIpc) is 3.01. The molecule has 10 heteroatoms. The van der Waals surface area contributed by atoms with Gasteiger partial charge in [-0.15, -0.1) is 0 Å². The van der Waals surface area contributed by atoms with Gasteiger partial charge in [-0.25, -0.2) is 14.4 Å². The van der Waals surface area contributed by atoms with Crippen molar-refractivity contribution in [3.63, 3.8) is 0 Å². The van der Waals surface area contributed by atoms with Crippen molar-refractivity contribution >= 4 is 40.3 Å². The van der Waals surface area contributed by atoms with Gasteiger partial charge in [0.2, 0.25) is 5.28 Å². The van der Waals surface area contributed by atoms with E-state index in [1.54, 1.807) is 4.57 Å². The van der Waals surface area contributed by atoms with Gasteiger partial charge in [0, 0.05) is 13.3 Å². The Morgan fingerprint density at radius 1 is 1.55 bits per heavy atom. The van der Waals surface area contributed by atoms with Gasteiger partial charge in [-0.1, -0.05) is 11.6 Å². The highest BCUT2D eigenvalue weighted by Gasteiger charge is 2.39. The van der Waals surface area contributed by atoms with Crippen LogP contribution in [0.2, 0.25) is 10.4 Å². The fourth-order valence-electron chi connectivity index (χ4n) is 2.42. The summed E-state index contributed by atoms with van der Waals surface area (Å²) in [6.45, 7) is 0.500. The van der Waals surface area contributed by atoms with Crippen LogP contribution in [0.4, 0.5) is 4.39 Å². The molecule has 1 fully saturated rings. The zero-order chi connectivity index (χ0) is 15.9. The summed E-state index contributed by atoms with van der Waals surface area (Å²) in [6.07, 6.45) is -0.356. The first kappa shape index (κ1) is 15.4. The van der Waals surface area contributed by atoms with Crippen LogP contribution in [-0.4, -0.2) is 44.4 Å². The summed E-state index contributed by atoms with van der Waals surface area (Å²) >= 11 is 11.7. The molecular formula is C12H11Cl2FN4O3. The van der Waals surface area contributed by atoms with Crippen LogP contribution in [0.1, 0.15) is 19.6 Å². The van der Waals surface area contributed by atoms with Gasteiger partial charge in [0.25, 0.3) is 0 Å². The molecule has 2 aromatic rings. The molecule has 0 N–H and O–H groups in total. The Labute approximate surface area is 134 Å². The molecule has 7 nitrogen and oxygen atoms in total. The van der Waals surface area contributed by atoms with Crippen LogP contribution >= 0.6 is 23.2 Å². The maximum Gasteiger partial charge on any atom is 0.302 e. The lowest BCUT2D eigenvalue weighted by Gasteiger charge is -2.14. The third-order valence-corrected chi connectivity index (χ3v) is 3.74. The molecular weight excluding hydrogens is 338 g/mol. The number of rotatable bonds is 3. The van der Waals surface area contributed by atoms with Gasteiger partial charge in [0.15, 0.2) is 10.8 Å². The fourth-order valence-corrected chi connectivity index (χ4v) is 2.84. The normalized spacial score (nSPS) is 24.8. The van der Waals surface area contributed by atoms with Crippen LogP contribution in [0.3, 0.4) is 0 Å². The molecule has 0 bridgehead atoms. The largest absolute Gasteiger partial charge is 0.460 e. The lowest BCUT2D eigenvalue weighted by atomic mass is 10.2. The number of imidazole rings is 1. The number of fused-ring (bicyclic) bond motifs is 1. The third-order valence-electron chi connectivity index (χ3n) is 3.31. The molecule has 3 heterocycles. The minimum absolute atomic E-state index is 0.0316. The molecule has 118 valence electrons. The molecule has 0 spiro atoms. The summed E-state index contributed by atoms with van der Waals surface area (Å²) in [5, 5.41) is 0.0844. The molecule has 1 saturated heterocycles. The van der Waals surface area contributed by atoms with Crippen LogP contribution in [-0.2, 0) is 14.3 Å². The van der Waals surface area contributed by atoms with E-state index in [2.05, 4.69) is 15.0 Å². The molecule has 0 amide bonds. The molecule has 0 radical (unpaired) electrons. The predicted molar refractivity (Wildman–Crippen MR) is 75.4 cm³/mol. The second kappa shape index (κ2) is 5.94. The minimum Gasteiger partial charge on any atom is -0.460 e. The number of alkyl halides is 1. The summed E-state index contributed by atoms with van der Waals surface area (Å²) in [7, 11) is 0. The molecule has 1 aliphatic heterocycles. The Kier molecular flexibility index (Phi) is 4.16. The van der Waals surface area contributed by atoms with Gasteiger partial charge in [0.05, 0.1) is 6.33 Å². The van der Waals surface area contributed by atoms with Crippen LogP contribution < -0.4 is 0 Å². The zero-order valence-corrected chi connectivity index (χ0v) is 12.9. The van der Waals surface area contributed by atoms with E-state index in [9.17, 15) is 9.18 Å². The SMILES string of the molecule is CC(=O)O[C@H]1C[C@H](n2cnc3c(Cl)nc(Cl)nc32)O[C@@H]1CF. The van der Waals surface area contributed by atoms with Crippen molar-refractivity contribution in [1.29, 1.82) is 0 Å². The lowest BCUT2D eigenvalue weighted by molar-refractivity contribution is -0.149. The maximum absolute atomic E-state index is 13.0. The van der Waals surface area contributed by atoms with E-state index in [4.69, 9.17) is 32.7 Å². The topological polar surface area (TPSA) is 79.1 Å².